The lowest BCUT2D eigenvalue weighted by Crippen LogP contribution is -2.51. The second-order valence-corrected chi connectivity index (χ2v) is 12.3. The predicted octanol–water partition coefficient (Wildman–Crippen LogP) is 5.24. The van der Waals surface area contributed by atoms with E-state index in [1.807, 2.05) is 0 Å². The van der Waals surface area contributed by atoms with Gasteiger partial charge in [0.05, 0.1) is 11.1 Å². The number of nitrogens with zero attached hydrogens (tertiary/aromatic N) is 4. The Labute approximate surface area is 240 Å². The number of fused-ring (bicyclic) bond motifs is 4. The molecular weight excluding hydrogens is 555 g/mol. The number of rotatable bonds is 5. The summed E-state index contributed by atoms with van der Waals surface area (Å²) in [6.45, 7) is 4.01. The molecule has 2 aromatic carbocycles. The van der Waals surface area contributed by atoms with Crippen LogP contribution in [-0.2, 0) is 6.18 Å². The van der Waals surface area contributed by atoms with Gasteiger partial charge in [0.2, 0.25) is 0 Å². The summed E-state index contributed by atoms with van der Waals surface area (Å²) < 4.78 is 78.2. The maximum atomic E-state index is 16.4. The molecule has 3 N–H and O–H groups in total. The zero-order valence-corrected chi connectivity index (χ0v) is 23.3. The van der Waals surface area contributed by atoms with Gasteiger partial charge in [-0.2, -0.15) is 23.1 Å². The Morgan fingerprint density at radius 2 is 1.86 bits per heavy atom. The molecule has 4 fully saturated rings. The van der Waals surface area contributed by atoms with E-state index in [2.05, 4.69) is 20.1 Å². The number of anilines is 2. The van der Waals surface area contributed by atoms with Crippen LogP contribution < -0.4 is 20.7 Å². The van der Waals surface area contributed by atoms with Crippen molar-refractivity contribution in [3.8, 4) is 17.1 Å². The Kier molecular flexibility index (Phi) is 6.50. The molecule has 4 saturated heterocycles. The highest BCUT2D eigenvalue weighted by Gasteiger charge is 2.49. The third-order valence-electron chi connectivity index (χ3n) is 9.54. The highest BCUT2D eigenvalue weighted by atomic mass is 19.4. The van der Waals surface area contributed by atoms with Gasteiger partial charge in [-0.05, 0) is 68.5 Å². The molecular formula is C30H33F5N6O. The molecule has 0 spiro atoms. The molecule has 0 aliphatic carbocycles. The van der Waals surface area contributed by atoms with Crippen molar-refractivity contribution < 1.29 is 26.7 Å². The highest BCUT2D eigenvalue weighted by molar-refractivity contribution is 5.94. The third-order valence-corrected chi connectivity index (χ3v) is 9.54. The van der Waals surface area contributed by atoms with Crippen LogP contribution in [0.25, 0.3) is 22.0 Å². The largest absolute Gasteiger partial charge is 0.461 e. The fourth-order valence-electron chi connectivity index (χ4n) is 7.57. The van der Waals surface area contributed by atoms with Gasteiger partial charge in [0.1, 0.15) is 24.1 Å². The lowest BCUT2D eigenvalue weighted by atomic mass is 9.94. The summed E-state index contributed by atoms with van der Waals surface area (Å²) in [4.78, 5) is 13.4. The molecule has 4 atom stereocenters. The van der Waals surface area contributed by atoms with Gasteiger partial charge in [-0.25, -0.2) is 8.78 Å². The number of ether oxygens (including phenoxy) is 1. The molecule has 12 heteroatoms. The standard InChI is InChI=1S/C30H33F5N6O/c1-16-23(9-18(36)10-24(16)30(33,34)35)21-5-6-22-26(25(21)32)38-28(39-27(22)40-13-19-3-4-20(14-40)37-19)42-15-29-7-2-8-41(29)12-17(31)11-29/h5-6,9-10,17,19-20,37H,2-4,7-8,11-15,36H2,1H3/t17-,19-,20+,29+/m1/s1. The Balaban J connectivity index is 1.33. The number of nitrogen functional groups attached to an aromatic ring is 1. The number of hydrogen-bond donors (Lipinski definition) is 2. The molecule has 224 valence electrons. The minimum absolute atomic E-state index is 0.0248. The molecule has 4 aliphatic heterocycles. The number of halogens is 5. The normalized spacial score (nSPS) is 27.7. The number of aromatic nitrogens is 2. The second kappa shape index (κ2) is 9.90. The van der Waals surface area contributed by atoms with E-state index in [1.165, 1.54) is 19.1 Å². The molecule has 2 bridgehead atoms. The summed E-state index contributed by atoms with van der Waals surface area (Å²) in [6, 6.07) is 5.88. The first-order valence-electron chi connectivity index (χ1n) is 14.5. The highest BCUT2D eigenvalue weighted by Crippen LogP contribution is 2.43. The molecule has 0 radical (unpaired) electrons. The molecule has 0 unspecified atom stereocenters. The van der Waals surface area contributed by atoms with Crippen molar-refractivity contribution in [2.75, 3.05) is 43.4 Å². The molecule has 0 amide bonds. The summed E-state index contributed by atoms with van der Waals surface area (Å²) in [5.74, 6) is -0.249. The molecule has 3 aromatic rings. The van der Waals surface area contributed by atoms with Crippen LogP contribution in [0.3, 0.4) is 0 Å². The van der Waals surface area contributed by atoms with Crippen LogP contribution in [0.2, 0.25) is 0 Å². The molecule has 1 aromatic heterocycles. The van der Waals surface area contributed by atoms with Gasteiger partial charge in [0.25, 0.3) is 0 Å². The van der Waals surface area contributed by atoms with E-state index in [4.69, 9.17) is 15.5 Å². The maximum absolute atomic E-state index is 16.4. The van der Waals surface area contributed by atoms with Crippen LogP contribution in [0.4, 0.5) is 33.5 Å². The van der Waals surface area contributed by atoms with Crippen molar-refractivity contribution in [3.63, 3.8) is 0 Å². The van der Waals surface area contributed by atoms with Crippen molar-refractivity contribution in [2.24, 2.45) is 0 Å². The zero-order chi connectivity index (χ0) is 29.4. The summed E-state index contributed by atoms with van der Waals surface area (Å²) >= 11 is 0. The number of alkyl halides is 4. The predicted molar refractivity (Wildman–Crippen MR) is 150 cm³/mol. The zero-order valence-electron chi connectivity index (χ0n) is 23.3. The molecule has 42 heavy (non-hydrogen) atoms. The number of nitrogens with one attached hydrogen (secondary N) is 1. The summed E-state index contributed by atoms with van der Waals surface area (Å²) in [5, 5.41) is 4.03. The smallest absolute Gasteiger partial charge is 0.416 e. The Morgan fingerprint density at radius 3 is 2.60 bits per heavy atom. The van der Waals surface area contributed by atoms with E-state index in [9.17, 15) is 17.6 Å². The molecule has 4 aliphatic rings. The van der Waals surface area contributed by atoms with E-state index >= 15 is 4.39 Å². The lowest BCUT2D eigenvalue weighted by Gasteiger charge is -2.34. The second-order valence-electron chi connectivity index (χ2n) is 12.3. The third kappa shape index (κ3) is 4.63. The first-order chi connectivity index (χ1) is 20.0. The van der Waals surface area contributed by atoms with Crippen LogP contribution >= 0.6 is 0 Å². The van der Waals surface area contributed by atoms with E-state index in [-0.39, 0.29) is 52.6 Å². The van der Waals surface area contributed by atoms with Gasteiger partial charge in [0, 0.05) is 54.8 Å². The number of hydrogen-bond acceptors (Lipinski definition) is 7. The van der Waals surface area contributed by atoms with Gasteiger partial charge < -0.3 is 20.7 Å². The number of benzene rings is 2. The SMILES string of the molecule is Cc1c(-c2ccc3c(N4C[C@H]5CC[C@@H](C4)N5)nc(OC[C@@]45CCCN4C[C@H](F)C5)nc3c2F)cc(N)cc1C(F)(F)F. The van der Waals surface area contributed by atoms with Crippen LogP contribution in [0.1, 0.15) is 43.2 Å². The Bertz CT molecular complexity index is 1540. The fraction of sp³-hybridized carbons (Fsp3) is 0.533. The topological polar surface area (TPSA) is 79.5 Å². The van der Waals surface area contributed by atoms with Gasteiger partial charge in [0.15, 0.2) is 5.82 Å². The number of piperazine rings is 1. The minimum atomic E-state index is -4.65. The summed E-state index contributed by atoms with van der Waals surface area (Å²) in [5.41, 5.74) is 4.22. The van der Waals surface area contributed by atoms with Crippen molar-refractivity contribution in [1.29, 1.82) is 0 Å². The van der Waals surface area contributed by atoms with Gasteiger partial charge in [-0.15, -0.1) is 0 Å². The molecule has 5 heterocycles. The van der Waals surface area contributed by atoms with E-state index < -0.39 is 29.3 Å². The molecule has 0 saturated carbocycles. The average Bonchev–Trinajstić information content (AvgIpc) is 3.58. The average molecular weight is 589 g/mol. The summed E-state index contributed by atoms with van der Waals surface area (Å²) in [6.07, 6.45) is -1.41. The summed E-state index contributed by atoms with van der Waals surface area (Å²) in [7, 11) is 0. The van der Waals surface area contributed by atoms with E-state index in [1.54, 1.807) is 6.07 Å². The molecule has 7 rings (SSSR count). The van der Waals surface area contributed by atoms with E-state index in [0.29, 0.717) is 37.3 Å². The lowest BCUT2D eigenvalue weighted by molar-refractivity contribution is -0.138. The monoisotopic (exact) mass is 588 g/mol. The number of nitrogens with two attached hydrogens (primary N) is 1. The first-order valence-corrected chi connectivity index (χ1v) is 14.5. The fourth-order valence-corrected chi connectivity index (χ4v) is 7.57. The quantitative estimate of drug-likeness (QED) is 0.312. The Morgan fingerprint density at radius 1 is 1.10 bits per heavy atom. The van der Waals surface area contributed by atoms with Crippen molar-refractivity contribution in [1.82, 2.24) is 20.2 Å². The van der Waals surface area contributed by atoms with Crippen LogP contribution in [0, 0.1) is 12.7 Å². The molecule has 7 nitrogen and oxygen atoms in total. The van der Waals surface area contributed by atoms with Crippen molar-refractivity contribution in [2.45, 2.75) is 69.0 Å². The van der Waals surface area contributed by atoms with Crippen molar-refractivity contribution in [3.05, 3.63) is 41.2 Å². The minimum Gasteiger partial charge on any atom is -0.461 e. The van der Waals surface area contributed by atoms with Gasteiger partial charge in [-0.1, -0.05) is 6.07 Å². The van der Waals surface area contributed by atoms with Crippen molar-refractivity contribution >= 4 is 22.4 Å². The van der Waals surface area contributed by atoms with E-state index in [0.717, 1.165) is 38.3 Å². The van der Waals surface area contributed by atoms with Crippen LogP contribution in [0.15, 0.2) is 24.3 Å². The van der Waals surface area contributed by atoms with Gasteiger partial charge in [-0.3, -0.25) is 4.90 Å². The van der Waals surface area contributed by atoms with Gasteiger partial charge >= 0.3 is 12.2 Å². The Hall–Kier alpha value is -3.25. The van der Waals surface area contributed by atoms with Crippen LogP contribution in [-0.4, -0.2) is 71.4 Å². The van der Waals surface area contributed by atoms with Crippen LogP contribution in [0.5, 0.6) is 6.01 Å². The maximum Gasteiger partial charge on any atom is 0.416 e. The first kappa shape index (κ1) is 27.6.